The highest BCUT2D eigenvalue weighted by molar-refractivity contribution is 5.94. The molecular formula is C16H15NO4. The van der Waals surface area contributed by atoms with Gasteiger partial charge in [-0.1, -0.05) is 12.1 Å². The van der Waals surface area contributed by atoms with E-state index < -0.39 is 0 Å². The van der Waals surface area contributed by atoms with E-state index in [0.29, 0.717) is 22.7 Å². The number of benzene rings is 1. The monoisotopic (exact) mass is 285 g/mol. The molecule has 0 aliphatic carbocycles. The van der Waals surface area contributed by atoms with Crippen LogP contribution in [0.5, 0.6) is 5.75 Å². The molecule has 108 valence electrons. The second-order valence-electron chi connectivity index (χ2n) is 4.73. The fraction of sp³-hybridized carbons (Fsp3) is 0.188. The lowest BCUT2D eigenvalue weighted by molar-refractivity contribution is 0.0935. The van der Waals surface area contributed by atoms with Crippen LogP contribution in [0.25, 0.3) is 11.0 Å². The van der Waals surface area contributed by atoms with E-state index in [4.69, 9.17) is 13.6 Å². The summed E-state index contributed by atoms with van der Waals surface area (Å²) in [6.45, 7) is 1.86. The zero-order valence-electron chi connectivity index (χ0n) is 11.8. The van der Waals surface area contributed by atoms with Crippen molar-refractivity contribution in [1.82, 2.24) is 5.32 Å². The van der Waals surface area contributed by atoms with Gasteiger partial charge in [-0.15, -0.1) is 0 Å². The van der Waals surface area contributed by atoms with Gasteiger partial charge in [0, 0.05) is 5.39 Å². The molecule has 0 saturated heterocycles. The quantitative estimate of drug-likeness (QED) is 0.796. The second-order valence-corrected chi connectivity index (χ2v) is 4.73. The van der Waals surface area contributed by atoms with Crippen LogP contribution in [-0.4, -0.2) is 13.0 Å². The van der Waals surface area contributed by atoms with E-state index in [1.807, 2.05) is 31.2 Å². The maximum atomic E-state index is 12.0. The largest absolute Gasteiger partial charge is 0.493 e. The fourth-order valence-corrected chi connectivity index (χ4v) is 2.18. The number of carbonyl (C=O) groups excluding carboxylic acids is 1. The van der Waals surface area contributed by atoms with E-state index in [0.717, 1.165) is 5.39 Å². The van der Waals surface area contributed by atoms with Crippen molar-refractivity contribution in [3.05, 3.63) is 54.2 Å². The first-order valence-electron chi connectivity index (χ1n) is 6.58. The van der Waals surface area contributed by atoms with Crippen LogP contribution in [0.1, 0.15) is 29.1 Å². The number of carbonyl (C=O) groups is 1. The molecule has 0 aliphatic heterocycles. The molecule has 2 heterocycles. The van der Waals surface area contributed by atoms with Gasteiger partial charge in [-0.2, -0.15) is 0 Å². The molecule has 0 bridgehead atoms. The molecule has 21 heavy (non-hydrogen) atoms. The number of fused-ring (bicyclic) bond motifs is 1. The summed E-state index contributed by atoms with van der Waals surface area (Å²) >= 11 is 0. The van der Waals surface area contributed by atoms with E-state index in [2.05, 4.69) is 5.32 Å². The molecule has 5 heteroatoms. The minimum Gasteiger partial charge on any atom is -0.493 e. The van der Waals surface area contributed by atoms with Crippen LogP contribution in [0.4, 0.5) is 0 Å². The van der Waals surface area contributed by atoms with Gasteiger partial charge in [0.1, 0.15) is 12.0 Å². The number of hydrogen-bond acceptors (Lipinski definition) is 4. The Kier molecular flexibility index (Phi) is 3.39. The van der Waals surface area contributed by atoms with Crippen LogP contribution in [-0.2, 0) is 0 Å². The molecule has 2 aromatic heterocycles. The zero-order chi connectivity index (χ0) is 14.8. The average molecular weight is 285 g/mol. The Balaban J connectivity index is 1.85. The summed E-state index contributed by atoms with van der Waals surface area (Å²) in [6.07, 6.45) is 2.87. The SMILES string of the molecule is COc1cccc2cc(C(C)NC(=O)c3ccoc3)oc12. The van der Waals surface area contributed by atoms with Gasteiger partial charge in [-0.3, -0.25) is 4.79 Å². The van der Waals surface area contributed by atoms with Gasteiger partial charge in [0.15, 0.2) is 11.3 Å². The number of rotatable bonds is 4. The fourth-order valence-electron chi connectivity index (χ4n) is 2.18. The number of furan rings is 2. The van der Waals surface area contributed by atoms with E-state index in [1.54, 1.807) is 13.2 Å². The van der Waals surface area contributed by atoms with Crippen molar-refractivity contribution >= 4 is 16.9 Å². The summed E-state index contributed by atoms with van der Waals surface area (Å²) in [6, 6.07) is 8.93. The highest BCUT2D eigenvalue weighted by atomic mass is 16.5. The van der Waals surface area contributed by atoms with Crippen LogP contribution in [0, 0.1) is 0 Å². The molecule has 1 atom stereocenters. The Labute approximate surface area is 121 Å². The molecule has 0 aliphatic rings. The summed E-state index contributed by atoms with van der Waals surface area (Å²) in [4.78, 5) is 12.0. The molecule has 3 aromatic rings. The molecule has 5 nitrogen and oxygen atoms in total. The predicted octanol–water partition coefficient (Wildman–Crippen LogP) is 3.53. The first-order chi connectivity index (χ1) is 10.2. The van der Waals surface area contributed by atoms with Crippen molar-refractivity contribution in [2.45, 2.75) is 13.0 Å². The van der Waals surface area contributed by atoms with Crippen molar-refractivity contribution in [2.75, 3.05) is 7.11 Å². The van der Waals surface area contributed by atoms with Crippen molar-refractivity contribution in [1.29, 1.82) is 0 Å². The zero-order valence-corrected chi connectivity index (χ0v) is 11.8. The van der Waals surface area contributed by atoms with Gasteiger partial charge in [0.05, 0.1) is 25.0 Å². The Bertz CT molecular complexity index is 758. The third kappa shape index (κ3) is 2.50. The maximum Gasteiger partial charge on any atom is 0.255 e. The summed E-state index contributed by atoms with van der Waals surface area (Å²) in [5, 5.41) is 3.80. The standard InChI is InChI=1S/C16H15NO4/c1-10(17-16(18)12-6-7-20-9-12)14-8-11-4-3-5-13(19-2)15(11)21-14/h3-10H,1-2H3,(H,17,18). The minimum atomic E-state index is -0.260. The normalized spacial score (nSPS) is 12.3. The number of amides is 1. The van der Waals surface area contributed by atoms with Crippen LogP contribution in [0.2, 0.25) is 0 Å². The van der Waals surface area contributed by atoms with Crippen molar-refractivity contribution < 1.29 is 18.4 Å². The van der Waals surface area contributed by atoms with Gasteiger partial charge in [-0.25, -0.2) is 0 Å². The topological polar surface area (TPSA) is 64.6 Å². The lowest BCUT2D eigenvalue weighted by atomic mass is 10.2. The Morgan fingerprint density at radius 3 is 2.90 bits per heavy atom. The smallest absolute Gasteiger partial charge is 0.255 e. The number of ether oxygens (including phenoxy) is 1. The van der Waals surface area contributed by atoms with Crippen molar-refractivity contribution in [3.8, 4) is 5.75 Å². The maximum absolute atomic E-state index is 12.0. The molecule has 0 radical (unpaired) electrons. The molecule has 0 spiro atoms. The van der Waals surface area contributed by atoms with Gasteiger partial charge >= 0.3 is 0 Å². The first kappa shape index (κ1) is 13.3. The van der Waals surface area contributed by atoms with Crippen LogP contribution < -0.4 is 10.1 Å². The summed E-state index contributed by atoms with van der Waals surface area (Å²) in [7, 11) is 1.60. The highest BCUT2D eigenvalue weighted by Gasteiger charge is 2.17. The Morgan fingerprint density at radius 1 is 1.33 bits per heavy atom. The van der Waals surface area contributed by atoms with Gasteiger partial charge in [0.2, 0.25) is 0 Å². The molecule has 1 amide bonds. The van der Waals surface area contributed by atoms with E-state index in [9.17, 15) is 4.79 Å². The first-order valence-corrected chi connectivity index (χ1v) is 6.58. The molecule has 3 rings (SSSR count). The van der Waals surface area contributed by atoms with Crippen LogP contribution in [0.15, 0.2) is 51.7 Å². The number of para-hydroxylation sites is 1. The molecule has 0 saturated carbocycles. The number of nitrogens with one attached hydrogen (secondary N) is 1. The predicted molar refractivity (Wildman–Crippen MR) is 77.4 cm³/mol. The lowest BCUT2D eigenvalue weighted by Crippen LogP contribution is -2.25. The molecule has 0 fully saturated rings. The number of hydrogen-bond donors (Lipinski definition) is 1. The third-order valence-corrected chi connectivity index (χ3v) is 3.30. The van der Waals surface area contributed by atoms with Crippen molar-refractivity contribution in [3.63, 3.8) is 0 Å². The highest BCUT2D eigenvalue weighted by Crippen LogP contribution is 2.30. The number of methoxy groups -OCH3 is 1. The van der Waals surface area contributed by atoms with E-state index in [1.165, 1.54) is 12.5 Å². The summed E-state index contributed by atoms with van der Waals surface area (Å²) in [5.41, 5.74) is 1.16. The molecule has 1 aromatic carbocycles. The van der Waals surface area contributed by atoms with Gasteiger partial charge < -0.3 is 18.9 Å². The average Bonchev–Trinajstić information content (AvgIpc) is 3.15. The molecule has 1 unspecified atom stereocenters. The third-order valence-electron chi connectivity index (χ3n) is 3.30. The molecular weight excluding hydrogens is 270 g/mol. The lowest BCUT2D eigenvalue weighted by Gasteiger charge is -2.10. The van der Waals surface area contributed by atoms with E-state index >= 15 is 0 Å². The Morgan fingerprint density at radius 2 is 2.19 bits per heavy atom. The van der Waals surface area contributed by atoms with Crippen molar-refractivity contribution in [2.24, 2.45) is 0 Å². The summed E-state index contributed by atoms with van der Waals surface area (Å²) < 4.78 is 16.0. The van der Waals surface area contributed by atoms with Gasteiger partial charge in [-0.05, 0) is 25.1 Å². The van der Waals surface area contributed by atoms with Crippen LogP contribution in [0.3, 0.4) is 0 Å². The van der Waals surface area contributed by atoms with Crippen LogP contribution >= 0.6 is 0 Å². The van der Waals surface area contributed by atoms with E-state index in [-0.39, 0.29) is 11.9 Å². The Hall–Kier alpha value is -2.69. The summed E-state index contributed by atoms with van der Waals surface area (Å²) in [5.74, 6) is 1.14. The second kappa shape index (κ2) is 5.36. The molecule has 1 N–H and O–H groups in total. The van der Waals surface area contributed by atoms with Gasteiger partial charge in [0.25, 0.3) is 5.91 Å². The minimum absolute atomic E-state index is 0.205.